The molecule has 1 fully saturated rings. The molecule has 0 radical (unpaired) electrons. The lowest BCUT2D eigenvalue weighted by molar-refractivity contribution is -0.460. The fraction of sp³-hybridized carbons (Fsp3) is 0.923. The van der Waals surface area contributed by atoms with Gasteiger partial charge in [0.2, 0.25) is 5.60 Å². The van der Waals surface area contributed by atoms with Gasteiger partial charge in [0.15, 0.2) is 6.79 Å². The van der Waals surface area contributed by atoms with E-state index in [0.29, 0.717) is 6.42 Å². The number of ether oxygens (including phenoxy) is 3. The second kappa shape index (κ2) is 5.93. The zero-order valence-electron chi connectivity index (χ0n) is 12.8. The van der Waals surface area contributed by atoms with Gasteiger partial charge in [0.1, 0.15) is 12.2 Å². The molecule has 1 saturated heterocycles. The lowest BCUT2D eigenvalue weighted by atomic mass is 9.82. The van der Waals surface area contributed by atoms with Crippen LogP contribution in [0.15, 0.2) is 0 Å². The number of alkyl halides is 4. The lowest BCUT2D eigenvalue weighted by Gasteiger charge is -2.49. The number of carbonyl (C=O) groups is 1. The number of hydrogen-bond donors (Lipinski definition) is 1. The minimum Gasteiger partial charge on any atom is -0.462 e. The third kappa shape index (κ3) is 2.93. The van der Waals surface area contributed by atoms with Crippen LogP contribution in [0.5, 0.6) is 0 Å². The van der Waals surface area contributed by atoms with E-state index in [-0.39, 0.29) is 0 Å². The van der Waals surface area contributed by atoms with Gasteiger partial charge in [-0.1, -0.05) is 6.92 Å². The van der Waals surface area contributed by atoms with Crippen LogP contribution < -0.4 is 0 Å². The summed E-state index contributed by atoms with van der Waals surface area (Å²) in [6, 6.07) is 0. The van der Waals surface area contributed by atoms with Gasteiger partial charge in [-0.15, -0.1) is 0 Å². The third-order valence-corrected chi connectivity index (χ3v) is 4.10. The SMILES string of the molecule is CCC(C)(C)C(=O)OCC1(C)OCOC(F)(F)C1(O)C(F)F. The van der Waals surface area contributed by atoms with Crippen molar-refractivity contribution in [2.45, 2.75) is 57.9 Å². The molecule has 1 aliphatic rings. The third-order valence-electron chi connectivity index (χ3n) is 4.10. The Morgan fingerprint density at radius 1 is 1.36 bits per heavy atom. The molecule has 1 N–H and O–H groups in total. The molecule has 0 aromatic heterocycles. The minimum atomic E-state index is -4.55. The van der Waals surface area contributed by atoms with E-state index in [1.807, 2.05) is 0 Å². The maximum atomic E-state index is 13.7. The van der Waals surface area contributed by atoms with Gasteiger partial charge in [-0.3, -0.25) is 9.53 Å². The Morgan fingerprint density at radius 2 is 1.91 bits per heavy atom. The first kappa shape index (κ1) is 19.1. The molecule has 0 aliphatic carbocycles. The van der Waals surface area contributed by atoms with Crippen LogP contribution in [0.2, 0.25) is 0 Å². The van der Waals surface area contributed by atoms with Crippen molar-refractivity contribution in [3.63, 3.8) is 0 Å². The standard InChI is InChI=1S/C13H20F4O5/c1-5-10(2,3)9(18)20-6-11(4)12(19,8(14)15)13(16,17)22-7-21-11/h8,19H,5-7H2,1-4H3. The molecule has 5 nitrogen and oxygen atoms in total. The smallest absolute Gasteiger partial charge is 0.395 e. The number of carbonyl (C=O) groups excluding carboxylic acids is 1. The van der Waals surface area contributed by atoms with Crippen LogP contribution in [0.25, 0.3) is 0 Å². The van der Waals surface area contributed by atoms with Crippen molar-refractivity contribution in [2.24, 2.45) is 5.41 Å². The van der Waals surface area contributed by atoms with Crippen LogP contribution in [0, 0.1) is 5.41 Å². The molecular weight excluding hydrogens is 312 g/mol. The Labute approximate surface area is 125 Å². The zero-order chi connectivity index (χ0) is 17.4. The van der Waals surface area contributed by atoms with Crippen LogP contribution in [-0.2, 0) is 19.0 Å². The van der Waals surface area contributed by atoms with Crippen LogP contribution in [-0.4, -0.2) is 48.2 Å². The number of hydrogen-bond acceptors (Lipinski definition) is 5. The summed E-state index contributed by atoms with van der Waals surface area (Å²) in [5.41, 5.74) is -7.40. The maximum absolute atomic E-state index is 13.7. The molecule has 1 aliphatic heterocycles. The molecule has 0 aromatic rings. The Kier molecular flexibility index (Phi) is 5.16. The van der Waals surface area contributed by atoms with E-state index >= 15 is 0 Å². The number of halogens is 4. The molecular formula is C13H20F4O5. The quantitative estimate of drug-likeness (QED) is 0.618. The van der Waals surface area contributed by atoms with Gasteiger partial charge in [-0.05, 0) is 27.2 Å². The van der Waals surface area contributed by atoms with Gasteiger partial charge in [-0.2, -0.15) is 8.78 Å². The highest BCUT2D eigenvalue weighted by molar-refractivity contribution is 5.75. The van der Waals surface area contributed by atoms with Crippen LogP contribution in [0.1, 0.15) is 34.1 Å². The van der Waals surface area contributed by atoms with Gasteiger partial charge in [0.25, 0.3) is 6.43 Å². The molecule has 0 saturated carbocycles. The maximum Gasteiger partial charge on any atom is 0.395 e. The van der Waals surface area contributed by atoms with Gasteiger partial charge < -0.3 is 14.6 Å². The second-order valence-electron chi connectivity index (χ2n) is 6.03. The average molecular weight is 332 g/mol. The number of aliphatic hydroxyl groups is 1. The van der Waals surface area contributed by atoms with Crippen molar-refractivity contribution < 1.29 is 41.7 Å². The largest absolute Gasteiger partial charge is 0.462 e. The topological polar surface area (TPSA) is 65.0 Å². The summed E-state index contributed by atoms with van der Waals surface area (Å²) < 4.78 is 66.9. The Bertz CT molecular complexity index is 429. The summed E-state index contributed by atoms with van der Waals surface area (Å²) in [5.74, 6) is -0.772. The van der Waals surface area contributed by atoms with E-state index in [2.05, 4.69) is 4.74 Å². The molecule has 0 aromatic carbocycles. The van der Waals surface area contributed by atoms with E-state index in [0.717, 1.165) is 6.92 Å². The van der Waals surface area contributed by atoms with E-state index in [4.69, 9.17) is 9.47 Å². The summed E-state index contributed by atoms with van der Waals surface area (Å²) in [5, 5.41) is 9.83. The summed E-state index contributed by atoms with van der Waals surface area (Å²) in [6.45, 7) is 3.65. The highest BCUT2D eigenvalue weighted by Gasteiger charge is 2.73. The molecule has 0 amide bonds. The monoisotopic (exact) mass is 332 g/mol. The Hall–Kier alpha value is -0.930. The first-order valence-electron chi connectivity index (χ1n) is 6.67. The predicted molar refractivity (Wildman–Crippen MR) is 66.4 cm³/mol. The van der Waals surface area contributed by atoms with Crippen molar-refractivity contribution in [2.75, 3.05) is 13.4 Å². The van der Waals surface area contributed by atoms with Gasteiger partial charge in [0.05, 0.1) is 5.41 Å². The van der Waals surface area contributed by atoms with E-state index in [1.165, 1.54) is 0 Å². The van der Waals surface area contributed by atoms with Crippen LogP contribution >= 0.6 is 0 Å². The van der Waals surface area contributed by atoms with Crippen molar-refractivity contribution in [3.8, 4) is 0 Å². The summed E-state index contributed by atoms with van der Waals surface area (Å²) in [6.07, 6.45) is -8.05. The van der Waals surface area contributed by atoms with Gasteiger partial charge in [-0.25, -0.2) is 8.78 Å². The molecule has 0 spiro atoms. The Balaban J connectivity index is 3.01. The zero-order valence-corrected chi connectivity index (χ0v) is 12.8. The molecule has 22 heavy (non-hydrogen) atoms. The molecule has 2 unspecified atom stereocenters. The van der Waals surface area contributed by atoms with Gasteiger partial charge in [0, 0.05) is 0 Å². The predicted octanol–water partition coefficient (Wildman–Crippen LogP) is 2.32. The van der Waals surface area contributed by atoms with E-state index in [1.54, 1.807) is 20.8 Å². The second-order valence-corrected chi connectivity index (χ2v) is 6.03. The van der Waals surface area contributed by atoms with Crippen molar-refractivity contribution >= 4 is 5.97 Å². The van der Waals surface area contributed by atoms with Gasteiger partial charge >= 0.3 is 12.1 Å². The van der Waals surface area contributed by atoms with Crippen LogP contribution in [0.4, 0.5) is 17.6 Å². The lowest BCUT2D eigenvalue weighted by Crippen LogP contribution is -2.73. The molecule has 1 heterocycles. The van der Waals surface area contributed by atoms with Crippen LogP contribution in [0.3, 0.4) is 0 Å². The Morgan fingerprint density at radius 3 is 2.36 bits per heavy atom. The number of esters is 1. The number of rotatable bonds is 5. The van der Waals surface area contributed by atoms with E-state index in [9.17, 15) is 27.5 Å². The van der Waals surface area contributed by atoms with Crippen molar-refractivity contribution in [3.05, 3.63) is 0 Å². The molecule has 9 heteroatoms. The first-order chi connectivity index (χ1) is 9.84. The summed E-state index contributed by atoms with van der Waals surface area (Å²) >= 11 is 0. The molecule has 0 bridgehead atoms. The minimum absolute atomic E-state index is 0.391. The normalized spacial score (nSPS) is 32.1. The fourth-order valence-electron chi connectivity index (χ4n) is 1.81. The summed E-state index contributed by atoms with van der Waals surface area (Å²) in [4.78, 5) is 11.9. The summed E-state index contributed by atoms with van der Waals surface area (Å²) in [7, 11) is 0. The van der Waals surface area contributed by atoms with Crippen molar-refractivity contribution in [1.82, 2.24) is 0 Å². The molecule has 1 rings (SSSR count). The fourth-order valence-corrected chi connectivity index (χ4v) is 1.81. The first-order valence-corrected chi connectivity index (χ1v) is 6.67. The molecule has 130 valence electrons. The highest BCUT2D eigenvalue weighted by Crippen LogP contribution is 2.47. The highest BCUT2D eigenvalue weighted by atomic mass is 19.3. The average Bonchev–Trinajstić information content (AvgIpc) is 2.41. The van der Waals surface area contributed by atoms with E-state index < -0.39 is 48.5 Å². The molecule has 2 atom stereocenters. The van der Waals surface area contributed by atoms with Crippen molar-refractivity contribution in [1.29, 1.82) is 0 Å².